The summed E-state index contributed by atoms with van der Waals surface area (Å²) in [6.45, 7) is 5.88. The van der Waals surface area contributed by atoms with Gasteiger partial charge in [0, 0.05) is 28.8 Å². The maximum absolute atomic E-state index is 13.7. The highest BCUT2D eigenvalue weighted by Gasteiger charge is 2.32. The van der Waals surface area contributed by atoms with Crippen LogP contribution < -0.4 is 0 Å². The van der Waals surface area contributed by atoms with Crippen LogP contribution in [-0.4, -0.2) is 25.0 Å². The second-order valence-electron chi connectivity index (χ2n) is 7.31. The third-order valence-corrected chi connectivity index (χ3v) is 6.74. The number of hydrogen-bond acceptors (Lipinski definition) is 5. The molecule has 0 fully saturated rings. The van der Waals surface area contributed by atoms with Gasteiger partial charge in [0.25, 0.3) is 0 Å². The molecule has 3 heterocycles. The number of aryl methyl sites for hydroxylation is 1. The molecule has 10 heteroatoms. The SMILES string of the molecule is Cc1nn(-c2nc(-c3ccc(C(F)(F)F)nc3)c(SC(C)C)s2)cc1-c1cccc(F)c1. The molecule has 32 heavy (non-hydrogen) atoms. The van der Waals surface area contributed by atoms with Crippen LogP contribution in [0.3, 0.4) is 0 Å². The normalized spacial score (nSPS) is 12.0. The van der Waals surface area contributed by atoms with Crippen LogP contribution in [0.2, 0.25) is 0 Å². The first-order chi connectivity index (χ1) is 15.1. The van der Waals surface area contributed by atoms with Gasteiger partial charge >= 0.3 is 6.18 Å². The molecule has 0 spiro atoms. The van der Waals surface area contributed by atoms with Crippen molar-refractivity contribution in [2.24, 2.45) is 0 Å². The zero-order valence-corrected chi connectivity index (χ0v) is 18.9. The van der Waals surface area contributed by atoms with E-state index in [-0.39, 0.29) is 11.1 Å². The van der Waals surface area contributed by atoms with E-state index in [0.717, 1.165) is 15.8 Å². The maximum Gasteiger partial charge on any atom is 0.433 e. The Morgan fingerprint density at radius 2 is 1.88 bits per heavy atom. The molecule has 0 aliphatic heterocycles. The summed E-state index contributed by atoms with van der Waals surface area (Å²) in [6.07, 6.45) is -1.53. The largest absolute Gasteiger partial charge is 0.433 e. The van der Waals surface area contributed by atoms with Gasteiger partial charge in [0.15, 0.2) is 0 Å². The number of pyridine rings is 1. The minimum atomic E-state index is -4.50. The van der Waals surface area contributed by atoms with Crippen molar-refractivity contribution >= 4 is 23.1 Å². The third kappa shape index (κ3) is 4.71. The van der Waals surface area contributed by atoms with Gasteiger partial charge in [0.05, 0.1) is 15.6 Å². The van der Waals surface area contributed by atoms with Gasteiger partial charge in [-0.1, -0.05) is 37.3 Å². The molecule has 0 atom stereocenters. The van der Waals surface area contributed by atoms with Crippen molar-refractivity contribution in [2.45, 2.75) is 36.4 Å². The lowest BCUT2D eigenvalue weighted by Gasteiger charge is -2.07. The monoisotopic (exact) mass is 478 g/mol. The summed E-state index contributed by atoms with van der Waals surface area (Å²) < 4.78 is 54.8. The smallest absolute Gasteiger partial charge is 0.251 e. The molecule has 0 aliphatic rings. The van der Waals surface area contributed by atoms with Crippen LogP contribution in [0.4, 0.5) is 17.6 Å². The van der Waals surface area contributed by atoms with Crippen LogP contribution >= 0.6 is 23.1 Å². The van der Waals surface area contributed by atoms with Gasteiger partial charge < -0.3 is 0 Å². The second kappa shape index (κ2) is 8.67. The number of thiazole rings is 1. The van der Waals surface area contributed by atoms with Crippen molar-refractivity contribution < 1.29 is 17.6 Å². The molecule has 0 saturated heterocycles. The lowest BCUT2D eigenvalue weighted by atomic mass is 10.1. The fourth-order valence-corrected chi connectivity index (χ4v) is 5.52. The highest BCUT2D eigenvalue weighted by Crippen LogP contribution is 2.40. The standard InChI is InChI=1S/C22H18F4N4S2/c1-12(2)31-20-19(15-7-8-18(27-10-15)22(24,25)26)28-21(32-20)30-11-17(13(3)29-30)14-5-4-6-16(23)9-14/h4-12H,1-3H3. The Bertz CT molecular complexity index is 1240. The van der Waals surface area contributed by atoms with Gasteiger partial charge in [-0.15, -0.1) is 11.8 Å². The van der Waals surface area contributed by atoms with Crippen LogP contribution in [0.5, 0.6) is 0 Å². The molecular weight excluding hydrogens is 460 g/mol. The summed E-state index contributed by atoms with van der Waals surface area (Å²) in [7, 11) is 0. The molecule has 0 unspecified atom stereocenters. The maximum atomic E-state index is 13.7. The van der Waals surface area contributed by atoms with E-state index < -0.39 is 11.9 Å². The topological polar surface area (TPSA) is 43.6 Å². The first kappa shape index (κ1) is 22.5. The third-order valence-electron chi connectivity index (χ3n) is 4.49. The molecule has 4 aromatic rings. The second-order valence-corrected chi connectivity index (χ2v) is 10.1. The predicted octanol–water partition coefficient (Wildman–Crippen LogP) is 7.02. The highest BCUT2D eigenvalue weighted by atomic mass is 32.2. The zero-order chi connectivity index (χ0) is 23.0. The fourth-order valence-electron chi connectivity index (χ4n) is 3.07. The Hall–Kier alpha value is -2.72. The van der Waals surface area contributed by atoms with Crippen LogP contribution in [0.15, 0.2) is 53.0 Å². The first-order valence-electron chi connectivity index (χ1n) is 9.65. The Balaban J connectivity index is 1.75. The Morgan fingerprint density at radius 3 is 2.50 bits per heavy atom. The van der Waals surface area contributed by atoms with Gasteiger partial charge in [0.1, 0.15) is 11.5 Å². The molecule has 4 rings (SSSR count). The summed E-state index contributed by atoms with van der Waals surface area (Å²) in [5, 5.41) is 5.34. The molecule has 0 N–H and O–H groups in total. The first-order valence-corrected chi connectivity index (χ1v) is 11.3. The number of rotatable bonds is 5. The number of thioether (sulfide) groups is 1. The molecule has 0 bridgehead atoms. The molecule has 4 nitrogen and oxygen atoms in total. The van der Waals surface area contributed by atoms with Gasteiger partial charge in [-0.25, -0.2) is 14.1 Å². The number of benzene rings is 1. The van der Waals surface area contributed by atoms with Gasteiger partial charge in [-0.3, -0.25) is 4.98 Å². The molecule has 3 aromatic heterocycles. The van der Waals surface area contributed by atoms with Crippen molar-refractivity contribution in [3.63, 3.8) is 0 Å². The number of aromatic nitrogens is 4. The Kier molecular flexibility index (Phi) is 6.09. The van der Waals surface area contributed by atoms with Crippen molar-refractivity contribution in [1.82, 2.24) is 19.7 Å². The number of halogens is 4. The van der Waals surface area contributed by atoms with E-state index in [1.165, 1.54) is 35.7 Å². The van der Waals surface area contributed by atoms with Crippen molar-refractivity contribution in [3.8, 4) is 27.5 Å². The van der Waals surface area contributed by atoms with Gasteiger partial charge in [-0.2, -0.15) is 18.3 Å². The quantitative estimate of drug-likeness (QED) is 0.228. The lowest BCUT2D eigenvalue weighted by Crippen LogP contribution is -2.07. The lowest BCUT2D eigenvalue weighted by molar-refractivity contribution is -0.141. The zero-order valence-electron chi connectivity index (χ0n) is 17.3. The van der Waals surface area contributed by atoms with Crippen molar-refractivity contribution in [3.05, 3.63) is 66.0 Å². The van der Waals surface area contributed by atoms with E-state index in [2.05, 4.69) is 15.1 Å². The number of nitrogens with zero attached hydrogens (tertiary/aromatic N) is 4. The molecule has 1 aromatic carbocycles. The van der Waals surface area contributed by atoms with E-state index in [1.54, 1.807) is 34.8 Å². The molecule has 0 amide bonds. The van der Waals surface area contributed by atoms with Gasteiger partial charge in [-0.05, 0) is 36.8 Å². The van der Waals surface area contributed by atoms with Crippen LogP contribution in [0.25, 0.3) is 27.5 Å². The molecular formula is C22H18F4N4S2. The van der Waals surface area contributed by atoms with E-state index in [0.29, 0.717) is 27.6 Å². The number of hydrogen-bond donors (Lipinski definition) is 0. The molecule has 0 radical (unpaired) electrons. The van der Waals surface area contributed by atoms with E-state index in [1.807, 2.05) is 20.8 Å². The molecule has 0 saturated carbocycles. The van der Waals surface area contributed by atoms with E-state index in [9.17, 15) is 17.6 Å². The van der Waals surface area contributed by atoms with Crippen LogP contribution in [0, 0.1) is 12.7 Å². The summed E-state index contributed by atoms with van der Waals surface area (Å²) in [5.41, 5.74) is 2.30. The van der Waals surface area contributed by atoms with Gasteiger partial charge in [0.2, 0.25) is 5.13 Å². The minimum Gasteiger partial charge on any atom is -0.251 e. The summed E-state index contributed by atoms with van der Waals surface area (Å²) in [6, 6.07) is 8.60. The average molecular weight is 479 g/mol. The summed E-state index contributed by atoms with van der Waals surface area (Å²) in [4.78, 5) is 8.23. The predicted molar refractivity (Wildman–Crippen MR) is 119 cm³/mol. The summed E-state index contributed by atoms with van der Waals surface area (Å²) in [5.74, 6) is -0.336. The Morgan fingerprint density at radius 1 is 1.09 bits per heavy atom. The van der Waals surface area contributed by atoms with E-state index in [4.69, 9.17) is 0 Å². The fraction of sp³-hybridized carbons (Fsp3) is 0.227. The summed E-state index contributed by atoms with van der Waals surface area (Å²) >= 11 is 2.96. The average Bonchev–Trinajstić information content (AvgIpc) is 3.30. The Labute approximate surface area is 190 Å². The van der Waals surface area contributed by atoms with E-state index >= 15 is 0 Å². The highest BCUT2D eigenvalue weighted by molar-refractivity contribution is 8.01. The van der Waals surface area contributed by atoms with Crippen LogP contribution in [0.1, 0.15) is 25.2 Å². The van der Waals surface area contributed by atoms with Crippen molar-refractivity contribution in [2.75, 3.05) is 0 Å². The minimum absolute atomic E-state index is 0.242. The van der Waals surface area contributed by atoms with Crippen LogP contribution in [-0.2, 0) is 6.18 Å². The molecule has 166 valence electrons. The van der Waals surface area contributed by atoms with Crippen molar-refractivity contribution in [1.29, 1.82) is 0 Å². The molecule has 0 aliphatic carbocycles. The number of alkyl halides is 3.